The molecule has 0 fully saturated rings. The minimum absolute atomic E-state index is 0.135. The molecule has 0 bridgehead atoms. The first-order valence-corrected chi connectivity index (χ1v) is 7.36. The highest BCUT2D eigenvalue weighted by atomic mass is 16.5. The molecule has 0 aliphatic rings. The van der Waals surface area contributed by atoms with Crippen LogP contribution in [0.4, 0.5) is 0 Å². The number of benzene rings is 1. The maximum absolute atomic E-state index is 9.25. The van der Waals surface area contributed by atoms with E-state index in [1.54, 1.807) is 0 Å². The van der Waals surface area contributed by atoms with Gasteiger partial charge in [0.05, 0.1) is 13.2 Å². The molecule has 0 saturated heterocycles. The molecule has 1 rings (SSSR count). The van der Waals surface area contributed by atoms with Gasteiger partial charge in [-0.1, -0.05) is 13.0 Å². The Kier molecular flexibility index (Phi) is 7.41. The van der Waals surface area contributed by atoms with Crippen molar-refractivity contribution in [3.63, 3.8) is 0 Å². The summed E-state index contributed by atoms with van der Waals surface area (Å²) >= 11 is 0. The number of rotatable bonds is 9. The average molecular weight is 281 g/mol. The molecule has 0 radical (unpaired) electrons. The van der Waals surface area contributed by atoms with Crippen molar-refractivity contribution < 1.29 is 14.6 Å². The largest absolute Gasteiger partial charge is 0.490 e. The summed E-state index contributed by atoms with van der Waals surface area (Å²) in [5, 5.41) is 9.25. The monoisotopic (exact) mass is 281 g/mol. The number of nitrogens with two attached hydrogens (primary N) is 1. The zero-order valence-electron chi connectivity index (χ0n) is 12.8. The van der Waals surface area contributed by atoms with Crippen molar-refractivity contribution >= 4 is 0 Å². The Bertz CT molecular complexity index is 391. The van der Waals surface area contributed by atoms with Gasteiger partial charge < -0.3 is 20.3 Å². The average Bonchev–Trinajstić information content (AvgIpc) is 2.46. The summed E-state index contributed by atoms with van der Waals surface area (Å²) in [4.78, 5) is 0. The van der Waals surface area contributed by atoms with E-state index in [2.05, 4.69) is 13.0 Å². The van der Waals surface area contributed by atoms with E-state index in [9.17, 15) is 5.11 Å². The molecule has 0 aromatic heterocycles. The third kappa shape index (κ3) is 4.69. The van der Waals surface area contributed by atoms with E-state index in [4.69, 9.17) is 15.2 Å². The van der Waals surface area contributed by atoms with Gasteiger partial charge in [0.15, 0.2) is 11.5 Å². The number of aliphatic hydroxyl groups is 1. The van der Waals surface area contributed by atoms with E-state index in [-0.39, 0.29) is 12.5 Å². The number of hydrogen-bond acceptors (Lipinski definition) is 4. The fraction of sp³-hybridized carbons (Fsp3) is 0.625. The van der Waals surface area contributed by atoms with Gasteiger partial charge in [0, 0.05) is 6.61 Å². The predicted molar refractivity (Wildman–Crippen MR) is 81.4 cm³/mol. The molecule has 1 aromatic rings. The first kappa shape index (κ1) is 16.8. The van der Waals surface area contributed by atoms with Gasteiger partial charge in [0.25, 0.3) is 0 Å². The van der Waals surface area contributed by atoms with Crippen molar-refractivity contribution in [3.05, 3.63) is 23.8 Å². The topological polar surface area (TPSA) is 64.7 Å². The van der Waals surface area contributed by atoms with Crippen LogP contribution in [0.2, 0.25) is 0 Å². The van der Waals surface area contributed by atoms with Crippen LogP contribution in [0.25, 0.3) is 0 Å². The van der Waals surface area contributed by atoms with Gasteiger partial charge in [0.2, 0.25) is 0 Å². The third-order valence-electron chi connectivity index (χ3n) is 3.41. The summed E-state index contributed by atoms with van der Waals surface area (Å²) in [7, 11) is 0. The molecule has 2 atom stereocenters. The Morgan fingerprint density at radius 1 is 1.15 bits per heavy atom. The van der Waals surface area contributed by atoms with Crippen molar-refractivity contribution in [2.75, 3.05) is 26.4 Å². The Balaban J connectivity index is 2.86. The molecule has 4 nitrogen and oxygen atoms in total. The number of hydrogen-bond donors (Lipinski definition) is 2. The molecule has 2 unspecified atom stereocenters. The van der Waals surface area contributed by atoms with Crippen molar-refractivity contribution in [1.82, 2.24) is 0 Å². The molecule has 3 N–H and O–H groups in total. The third-order valence-corrected chi connectivity index (χ3v) is 3.41. The second-order valence-corrected chi connectivity index (χ2v) is 4.99. The zero-order valence-corrected chi connectivity index (χ0v) is 12.8. The maximum Gasteiger partial charge on any atom is 0.161 e. The molecule has 114 valence electrons. The van der Waals surface area contributed by atoms with Gasteiger partial charge in [0.1, 0.15) is 0 Å². The van der Waals surface area contributed by atoms with Crippen LogP contribution >= 0.6 is 0 Å². The standard InChI is InChI=1S/C16H27NO3/c1-4-19-15-7-6-14(9-16(15)20-5-2)12(3)8-13(10-17)11-18/h6-7,9,12-13,18H,4-5,8,10-11,17H2,1-3H3. The molecule has 0 aliphatic heterocycles. The second-order valence-electron chi connectivity index (χ2n) is 4.99. The van der Waals surface area contributed by atoms with E-state index in [0.29, 0.717) is 25.7 Å². The second kappa shape index (κ2) is 8.82. The molecule has 0 saturated carbocycles. The number of aliphatic hydroxyl groups excluding tert-OH is 1. The highest BCUT2D eigenvalue weighted by Gasteiger charge is 2.15. The molecule has 0 aliphatic carbocycles. The van der Waals surface area contributed by atoms with E-state index < -0.39 is 0 Å². The van der Waals surface area contributed by atoms with E-state index in [1.165, 1.54) is 5.56 Å². The van der Waals surface area contributed by atoms with Crippen molar-refractivity contribution in [3.8, 4) is 11.5 Å². The van der Waals surface area contributed by atoms with Gasteiger partial charge in [-0.25, -0.2) is 0 Å². The van der Waals surface area contributed by atoms with Gasteiger partial charge in [-0.15, -0.1) is 0 Å². The van der Waals surface area contributed by atoms with Gasteiger partial charge >= 0.3 is 0 Å². The van der Waals surface area contributed by atoms with Gasteiger partial charge in [-0.3, -0.25) is 0 Å². The molecule has 1 aromatic carbocycles. The van der Waals surface area contributed by atoms with Gasteiger partial charge in [-0.05, 0) is 56.3 Å². The maximum atomic E-state index is 9.25. The lowest BCUT2D eigenvalue weighted by atomic mass is 9.90. The summed E-state index contributed by atoms with van der Waals surface area (Å²) < 4.78 is 11.2. The van der Waals surface area contributed by atoms with Crippen molar-refractivity contribution in [1.29, 1.82) is 0 Å². The van der Waals surface area contributed by atoms with Crippen LogP contribution in [-0.4, -0.2) is 31.5 Å². The molecule has 20 heavy (non-hydrogen) atoms. The van der Waals surface area contributed by atoms with Crippen molar-refractivity contribution in [2.45, 2.75) is 33.1 Å². The van der Waals surface area contributed by atoms with Crippen LogP contribution in [0.1, 0.15) is 38.7 Å². The van der Waals surface area contributed by atoms with E-state index in [0.717, 1.165) is 17.9 Å². The summed E-state index contributed by atoms with van der Waals surface area (Å²) in [6.45, 7) is 7.94. The molecule has 4 heteroatoms. The van der Waals surface area contributed by atoms with Crippen LogP contribution in [0.15, 0.2) is 18.2 Å². The fourth-order valence-corrected chi connectivity index (χ4v) is 2.26. The lowest BCUT2D eigenvalue weighted by Crippen LogP contribution is -2.20. The first-order valence-electron chi connectivity index (χ1n) is 7.36. The summed E-state index contributed by atoms with van der Waals surface area (Å²) in [6, 6.07) is 6.05. The van der Waals surface area contributed by atoms with Crippen LogP contribution in [0, 0.1) is 5.92 Å². The minimum atomic E-state index is 0.135. The molecule has 0 spiro atoms. The van der Waals surface area contributed by atoms with E-state index >= 15 is 0 Å². The highest BCUT2D eigenvalue weighted by molar-refractivity contribution is 5.44. The quantitative estimate of drug-likeness (QED) is 0.730. The van der Waals surface area contributed by atoms with E-state index in [1.807, 2.05) is 26.0 Å². The molecule has 0 heterocycles. The van der Waals surface area contributed by atoms with Crippen molar-refractivity contribution in [2.24, 2.45) is 11.7 Å². The van der Waals surface area contributed by atoms with Crippen LogP contribution < -0.4 is 15.2 Å². The minimum Gasteiger partial charge on any atom is -0.490 e. The normalized spacial score (nSPS) is 13.8. The smallest absolute Gasteiger partial charge is 0.161 e. The lowest BCUT2D eigenvalue weighted by Gasteiger charge is -2.19. The van der Waals surface area contributed by atoms with Crippen LogP contribution in [0.3, 0.4) is 0 Å². The molecular formula is C16H27NO3. The first-order chi connectivity index (χ1) is 9.65. The Hall–Kier alpha value is -1.26. The fourth-order valence-electron chi connectivity index (χ4n) is 2.26. The summed E-state index contributed by atoms with van der Waals surface area (Å²) in [5.41, 5.74) is 6.83. The molecular weight excluding hydrogens is 254 g/mol. The Morgan fingerprint density at radius 3 is 2.35 bits per heavy atom. The Labute approximate surface area is 121 Å². The summed E-state index contributed by atoms with van der Waals surface area (Å²) in [6.07, 6.45) is 0.868. The van der Waals surface area contributed by atoms with Gasteiger partial charge in [-0.2, -0.15) is 0 Å². The predicted octanol–water partition coefficient (Wildman–Crippen LogP) is 2.54. The zero-order chi connectivity index (χ0) is 15.0. The van der Waals surface area contributed by atoms with Crippen LogP contribution in [0.5, 0.6) is 11.5 Å². The SMILES string of the molecule is CCOc1ccc(C(C)CC(CN)CO)cc1OCC. The highest BCUT2D eigenvalue weighted by Crippen LogP contribution is 2.33. The lowest BCUT2D eigenvalue weighted by molar-refractivity contribution is 0.217. The Morgan fingerprint density at radius 2 is 1.80 bits per heavy atom. The summed E-state index contributed by atoms with van der Waals surface area (Å²) in [5.74, 6) is 2.03. The number of ether oxygens (including phenoxy) is 2. The molecule has 0 amide bonds. The van der Waals surface area contributed by atoms with Crippen LogP contribution in [-0.2, 0) is 0 Å².